The van der Waals surface area contributed by atoms with Crippen LogP contribution in [0.5, 0.6) is 0 Å². The van der Waals surface area contributed by atoms with Crippen LogP contribution in [0.25, 0.3) is 0 Å². The molecule has 1 aromatic rings. The van der Waals surface area contributed by atoms with Crippen molar-refractivity contribution in [1.82, 2.24) is 0 Å². The quantitative estimate of drug-likeness (QED) is 0.647. The summed E-state index contributed by atoms with van der Waals surface area (Å²) in [6.45, 7) is 6.19. The first-order valence-corrected chi connectivity index (χ1v) is 5.43. The summed E-state index contributed by atoms with van der Waals surface area (Å²) in [5, 5.41) is 3.52. The number of hydrogen-bond acceptors (Lipinski definition) is 3. The van der Waals surface area contributed by atoms with E-state index in [1.807, 2.05) is 20.8 Å². The molecule has 0 saturated heterocycles. The molecular formula is C11H15BClNO2. The Morgan fingerprint density at radius 1 is 1.44 bits per heavy atom. The minimum absolute atomic E-state index is 0.227. The molecule has 0 bridgehead atoms. The molecule has 0 fully saturated rings. The Morgan fingerprint density at radius 3 is 2.69 bits per heavy atom. The van der Waals surface area contributed by atoms with Gasteiger partial charge in [0.15, 0.2) is 0 Å². The number of ether oxygens (including phenoxy) is 1. The van der Waals surface area contributed by atoms with Crippen LogP contribution in [0.4, 0.5) is 5.69 Å². The summed E-state index contributed by atoms with van der Waals surface area (Å²) in [4.78, 5) is 0. The third-order valence-corrected chi connectivity index (χ3v) is 2.24. The molecule has 16 heavy (non-hydrogen) atoms. The molecule has 0 atom stereocenters. The molecular weight excluding hydrogens is 224 g/mol. The molecule has 1 aromatic carbocycles. The number of halogens is 1. The van der Waals surface area contributed by atoms with E-state index < -0.39 is 0 Å². The molecule has 0 amide bonds. The van der Waals surface area contributed by atoms with Crippen molar-refractivity contribution in [2.45, 2.75) is 26.4 Å². The van der Waals surface area contributed by atoms with Crippen LogP contribution in [0.15, 0.2) is 18.2 Å². The van der Waals surface area contributed by atoms with Crippen molar-refractivity contribution >= 4 is 29.9 Å². The summed E-state index contributed by atoms with van der Waals surface area (Å²) in [6, 6.07) is 5.17. The third kappa shape index (κ3) is 3.95. The first-order valence-electron chi connectivity index (χ1n) is 5.05. The second kappa shape index (κ2) is 5.46. The second-order valence-corrected chi connectivity index (χ2v) is 4.81. The van der Waals surface area contributed by atoms with Gasteiger partial charge < -0.3 is 0 Å². The second-order valence-electron chi connectivity index (χ2n) is 4.40. The van der Waals surface area contributed by atoms with Crippen molar-refractivity contribution in [3.8, 4) is 0 Å². The summed E-state index contributed by atoms with van der Waals surface area (Å²) < 4.78 is 16.3. The number of rotatable bonds is 4. The normalized spacial score (nSPS) is 11.0. The number of hydrogen-bond donors (Lipinski definition) is 1. The Kier molecular flexibility index (Phi) is 4.50. The molecule has 5 heteroatoms. The summed E-state index contributed by atoms with van der Waals surface area (Å²) in [7, 11) is 0.769. The van der Waals surface area contributed by atoms with Crippen LogP contribution >= 0.6 is 11.6 Å². The molecule has 0 aliphatic rings. The van der Waals surface area contributed by atoms with Crippen LogP contribution in [0.1, 0.15) is 20.8 Å². The molecule has 86 valence electrons. The first kappa shape index (κ1) is 13.2. The van der Waals surface area contributed by atoms with Crippen LogP contribution in [0, 0.1) is 0 Å². The summed E-state index contributed by atoms with van der Waals surface area (Å²) in [5.41, 5.74) is 0.920. The van der Waals surface area contributed by atoms with Crippen molar-refractivity contribution < 1.29 is 9.44 Å². The van der Waals surface area contributed by atoms with E-state index in [9.17, 15) is 4.70 Å². The topological polar surface area (TPSA) is 38.3 Å². The zero-order chi connectivity index (χ0) is 12.2. The molecule has 0 aliphatic heterocycles. The molecule has 0 unspecified atom stereocenters. The van der Waals surface area contributed by atoms with Crippen molar-refractivity contribution in [2.75, 3.05) is 12.0 Å². The molecule has 1 N–H and O–H groups in total. The van der Waals surface area contributed by atoms with Crippen molar-refractivity contribution in [3.05, 3.63) is 23.2 Å². The van der Waals surface area contributed by atoms with Gasteiger partial charge in [-0.05, 0) is 0 Å². The van der Waals surface area contributed by atoms with Crippen molar-refractivity contribution in [3.63, 3.8) is 0 Å². The zero-order valence-electron chi connectivity index (χ0n) is 9.71. The summed E-state index contributed by atoms with van der Waals surface area (Å²) in [6.07, 6.45) is 0. The molecule has 0 spiro atoms. The maximum absolute atomic E-state index is 10.8. The standard InChI is InChI=1S/C11H15BClNO2/c1-11(2,3)16-7-14-10-8(12-15)5-4-6-9(10)13/h4-6,14H,7H2,1-3H3. The fraction of sp³-hybridized carbons (Fsp3) is 0.455. The van der Waals surface area contributed by atoms with Gasteiger partial charge in [-0.1, -0.05) is 0 Å². The average molecular weight is 240 g/mol. The minimum atomic E-state index is -0.227. The molecule has 0 heterocycles. The van der Waals surface area contributed by atoms with Gasteiger partial charge in [-0.2, -0.15) is 0 Å². The number of benzene rings is 1. The molecule has 0 aliphatic carbocycles. The molecule has 0 radical (unpaired) electrons. The number of para-hydroxylation sites is 1. The van der Waals surface area contributed by atoms with E-state index in [0.717, 1.165) is 7.15 Å². The Bertz CT molecular complexity index is 377. The predicted octanol–water partition coefficient (Wildman–Crippen LogP) is 2.20. The van der Waals surface area contributed by atoms with Crippen LogP contribution in [-0.2, 0) is 9.44 Å². The predicted molar refractivity (Wildman–Crippen MR) is 66.9 cm³/mol. The Labute approximate surface area is 101 Å². The SMILES string of the molecule is CC(C)(C)OCNc1c(Cl)cccc1B=O. The molecule has 3 nitrogen and oxygen atoms in total. The van der Waals surface area contributed by atoms with Crippen LogP contribution in [0.2, 0.25) is 5.02 Å². The monoisotopic (exact) mass is 239 g/mol. The van der Waals surface area contributed by atoms with Gasteiger partial charge in [0.25, 0.3) is 0 Å². The molecule has 0 aromatic heterocycles. The van der Waals surface area contributed by atoms with E-state index in [2.05, 4.69) is 5.32 Å². The summed E-state index contributed by atoms with van der Waals surface area (Å²) in [5.74, 6) is 0. The number of nitrogens with one attached hydrogen (secondary N) is 1. The van der Waals surface area contributed by atoms with Gasteiger partial charge in [-0.25, -0.2) is 0 Å². The fourth-order valence-corrected chi connectivity index (χ4v) is 1.40. The number of anilines is 1. The average Bonchev–Trinajstić information content (AvgIpc) is 2.18. The fourth-order valence-electron chi connectivity index (χ4n) is 1.15. The molecule has 0 saturated carbocycles. The Balaban J connectivity index is 2.70. The van der Waals surface area contributed by atoms with Crippen molar-refractivity contribution in [2.24, 2.45) is 0 Å². The van der Waals surface area contributed by atoms with Crippen LogP contribution in [0.3, 0.4) is 0 Å². The third-order valence-electron chi connectivity index (χ3n) is 1.93. The van der Waals surface area contributed by atoms with Crippen LogP contribution < -0.4 is 10.8 Å². The van der Waals surface area contributed by atoms with Gasteiger partial charge in [0.1, 0.15) is 0 Å². The Hall–Kier alpha value is -0.865. The van der Waals surface area contributed by atoms with Crippen molar-refractivity contribution in [1.29, 1.82) is 0 Å². The zero-order valence-corrected chi connectivity index (χ0v) is 10.5. The van der Waals surface area contributed by atoms with E-state index >= 15 is 0 Å². The van der Waals surface area contributed by atoms with E-state index in [0.29, 0.717) is 22.9 Å². The van der Waals surface area contributed by atoms with Gasteiger partial charge in [-0.15, -0.1) is 0 Å². The van der Waals surface area contributed by atoms with Gasteiger partial charge in [0, 0.05) is 0 Å². The van der Waals surface area contributed by atoms with E-state index in [-0.39, 0.29) is 5.60 Å². The molecule has 1 rings (SSSR count). The van der Waals surface area contributed by atoms with E-state index in [1.54, 1.807) is 18.2 Å². The van der Waals surface area contributed by atoms with E-state index in [4.69, 9.17) is 16.3 Å². The Morgan fingerprint density at radius 2 is 2.12 bits per heavy atom. The first-order chi connectivity index (χ1) is 7.44. The van der Waals surface area contributed by atoms with Gasteiger partial charge in [-0.3, -0.25) is 0 Å². The van der Waals surface area contributed by atoms with Gasteiger partial charge in [0.05, 0.1) is 0 Å². The van der Waals surface area contributed by atoms with Crippen LogP contribution in [-0.4, -0.2) is 19.5 Å². The van der Waals surface area contributed by atoms with Gasteiger partial charge in [0.2, 0.25) is 0 Å². The maximum atomic E-state index is 10.8. The van der Waals surface area contributed by atoms with E-state index in [1.165, 1.54) is 0 Å². The summed E-state index contributed by atoms with van der Waals surface area (Å²) >= 11 is 5.98. The van der Waals surface area contributed by atoms with Gasteiger partial charge >= 0.3 is 101 Å².